The van der Waals surface area contributed by atoms with Gasteiger partial charge in [0.15, 0.2) is 11.5 Å². The highest BCUT2D eigenvalue weighted by atomic mass is 16.5. The molecular formula is C21H20N6O. The molecule has 0 saturated heterocycles. The Labute approximate surface area is 163 Å². The van der Waals surface area contributed by atoms with E-state index >= 15 is 0 Å². The number of hydrogen-bond acceptors (Lipinski definition) is 7. The van der Waals surface area contributed by atoms with Crippen LogP contribution < -0.4 is 9.64 Å². The lowest BCUT2D eigenvalue weighted by Crippen LogP contribution is -2.32. The highest BCUT2D eigenvalue weighted by Gasteiger charge is 2.22. The molecule has 3 aromatic heterocycles. The zero-order valence-corrected chi connectivity index (χ0v) is 16.1. The molecule has 0 fully saturated rings. The predicted molar refractivity (Wildman–Crippen MR) is 105 cm³/mol. The molecule has 0 amide bonds. The van der Waals surface area contributed by atoms with Gasteiger partial charge in [0.2, 0.25) is 5.88 Å². The minimum Gasteiger partial charge on any atom is -0.481 e. The lowest BCUT2D eigenvalue weighted by Gasteiger charge is -2.30. The van der Waals surface area contributed by atoms with Crippen molar-refractivity contribution in [2.75, 3.05) is 18.6 Å². The Hall–Kier alpha value is -3.53. The van der Waals surface area contributed by atoms with E-state index in [1.165, 1.54) is 5.56 Å². The van der Waals surface area contributed by atoms with Crippen molar-refractivity contribution in [1.29, 1.82) is 5.26 Å². The fraction of sp³-hybridized carbons (Fsp3) is 0.286. The molecule has 4 heterocycles. The molecule has 28 heavy (non-hydrogen) atoms. The van der Waals surface area contributed by atoms with Crippen LogP contribution in [0.4, 0.5) is 5.82 Å². The van der Waals surface area contributed by atoms with E-state index in [0.29, 0.717) is 18.1 Å². The Bertz CT molecular complexity index is 1070. The minimum absolute atomic E-state index is 0.384. The lowest BCUT2D eigenvalue weighted by molar-refractivity contribution is 0.398. The van der Waals surface area contributed by atoms with E-state index in [4.69, 9.17) is 10.00 Å². The molecule has 1 aliphatic heterocycles. The number of aromatic nitrogens is 4. The van der Waals surface area contributed by atoms with Crippen LogP contribution >= 0.6 is 0 Å². The summed E-state index contributed by atoms with van der Waals surface area (Å²) in [5, 5.41) is 17.6. The number of fused-ring (bicyclic) bond motifs is 1. The highest BCUT2D eigenvalue weighted by molar-refractivity contribution is 5.64. The van der Waals surface area contributed by atoms with Crippen molar-refractivity contribution in [2.24, 2.45) is 0 Å². The largest absolute Gasteiger partial charge is 0.481 e. The fourth-order valence-corrected chi connectivity index (χ4v) is 3.44. The van der Waals surface area contributed by atoms with Crippen LogP contribution in [0.25, 0.3) is 11.1 Å². The number of nitrogens with zero attached hydrogens (tertiary/aromatic N) is 6. The smallest absolute Gasteiger partial charge is 0.212 e. The molecule has 0 aromatic carbocycles. The van der Waals surface area contributed by atoms with Gasteiger partial charge < -0.3 is 9.64 Å². The molecule has 0 spiro atoms. The predicted octanol–water partition coefficient (Wildman–Crippen LogP) is 2.99. The first-order valence-corrected chi connectivity index (χ1v) is 9.08. The van der Waals surface area contributed by atoms with E-state index in [2.05, 4.69) is 37.2 Å². The van der Waals surface area contributed by atoms with E-state index in [9.17, 15) is 0 Å². The molecule has 0 bridgehead atoms. The first-order valence-electron chi connectivity index (χ1n) is 9.08. The van der Waals surface area contributed by atoms with Crippen LogP contribution in [0.5, 0.6) is 5.88 Å². The third-order valence-corrected chi connectivity index (χ3v) is 5.22. The molecule has 0 saturated carbocycles. The van der Waals surface area contributed by atoms with Crippen molar-refractivity contribution in [2.45, 2.75) is 26.8 Å². The van der Waals surface area contributed by atoms with Gasteiger partial charge in [0.25, 0.3) is 0 Å². The summed E-state index contributed by atoms with van der Waals surface area (Å²) < 4.78 is 5.13. The van der Waals surface area contributed by atoms with Gasteiger partial charge in [-0.05, 0) is 42.7 Å². The zero-order chi connectivity index (χ0) is 19.7. The van der Waals surface area contributed by atoms with Gasteiger partial charge >= 0.3 is 0 Å². The second kappa shape index (κ2) is 7.24. The second-order valence-corrected chi connectivity index (χ2v) is 6.82. The minimum atomic E-state index is 0.384. The average molecular weight is 372 g/mol. The number of anilines is 1. The Morgan fingerprint density at radius 2 is 1.89 bits per heavy atom. The highest BCUT2D eigenvalue weighted by Crippen LogP contribution is 2.29. The Balaban J connectivity index is 1.65. The van der Waals surface area contributed by atoms with Crippen LogP contribution in [0.2, 0.25) is 0 Å². The number of ether oxygens (including phenoxy) is 1. The molecule has 1 aliphatic rings. The fourth-order valence-electron chi connectivity index (χ4n) is 3.44. The maximum absolute atomic E-state index is 9.16. The number of pyridine rings is 2. The molecular weight excluding hydrogens is 352 g/mol. The molecule has 0 radical (unpaired) electrons. The van der Waals surface area contributed by atoms with Crippen molar-refractivity contribution in [1.82, 2.24) is 20.2 Å². The average Bonchev–Trinajstić information content (AvgIpc) is 2.75. The first-order chi connectivity index (χ1) is 13.6. The third kappa shape index (κ3) is 3.14. The van der Waals surface area contributed by atoms with Gasteiger partial charge in [-0.15, -0.1) is 10.2 Å². The molecule has 7 heteroatoms. The summed E-state index contributed by atoms with van der Waals surface area (Å²) >= 11 is 0. The summed E-state index contributed by atoms with van der Waals surface area (Å²) in [7, 11) is 1.60. The van der Waals surface area contributed by atoms with Gasteiger partial charge in [-0.3, -0.25) is 4.98 Å². The summed E-state index contributed by atoms with van der Waals surface area (Å²) in [5.41, 5.74) is 6.57. The number of methoxy groups -OCH3 is 1. The van der Waals surface area contributed by atoms with Gasteiger partial charge in [-0.2, -0.15) is 5.26 Å². The van der Waals surface area contributed by atoms with E-state index in [1.54, 1.807) is 13.3 Å². The normalized spacial score (nSPS) is 13.0. The molecule has 0 aliphatic carbocycles. The Kier molecular flexibility index (Phi) is 4.62. The standard InChI is InChI=1S/C21H20N6O/c1-13-14(2)21(26-25-19(13)9-22)27-7-6-18-17(12-27)8-16(11-23-18)15-4-5-20(28-3)24-10-15/h4-5,8,10-11H,6-7,12H2,1-3H3. The van der Waals surface area contributed by atoms with Crippen molar-refractivity contribution in [3.8, 4) is 23.1 Å². The van der Waals surface area contributed by atoms with Crippen LogP contribution in [-0.4, -0.2) is 33.8 Å². The Morgan fingerprint density at radius 1 is 1.07 bits per heavy atom. The lowest BCUT2D eigenvalue weighted by atomic mass is 10.0. The van der Waals surface area contributed by atoms with E-state index in [1.807, 2.05) is 32.2 Å². The van der Waals surface area contributed by atoms with E-state index < -0.39 is 0 Å². The van der Waals surface area contributed by atoms with Crippen molar-refractivity contribution < 1.29 is 4.74 Å². The van der Waals surface area contributed by atoms with Crippen LogP contribution in [0.3, 0.4) is 0 Å². The molecule has 7 nitrogen and oxygen atoms in total. The summed E-state index contributed by atoms with van der Waals surface area (Å²) in [4.78, 5) is 11.2. The summed E-state index contributed by atoms with van der Waals surface area (Å²) in [5.74, 6) is 1.42. The summed E-state index contributed by atoms with van der Waals surface area (Å²) in [6.07, 6.45) is 4.54. The van der Waals surface area contributed by atoms with Gasteiger partial charge in [0.1, 0.15) is 6.07 Å². The van der Waals surface area contributed by atoms with Crippen molar-refractivity contribution in [3.05, 3.63) is 58.7 Å². The van der Waals surface area contributed by atoms with Crippen LogP contribution in [0.1, 0.15) is 28.1 Å². The van der Waals surface area contributed by atoms with Gasteiger partial charge in [0, 0.05) is 54.8 Å². The molecule has 0 N–H and O–H groups in total. The van der Waals surface area contributed by atoms with Gasteiger partial charge in [-0.25, -0.2) is 4.98 Å². The van der Waals surface area contributed by atoms with Gasteiger partial charge in [0.05, 0.1) is 7.11 Å². The molecule has 0 atom stereocenters. The second-order valence-electron chi connectivity index (χ2n) is 6.82. The number of hydrogen-bond donors (Lipinski definition) is 0. The molecule has 0 unspecified atom stereocenters. The monoisotopic (exact) mass is 372 g/mol. The van der Waals surface area contributed by atoms with E-state index in [0.717, 1.165) is 46.7 Å². The maximum atomic E-state index is 9.16. The van der Waals surface area contributed by atoms with Crippen molar-refractivity contribution in [3.63, 3.8) is 0 Å². The molecule has 140 valence electrons. The van der Waals surface area contributed by atoms with Crippen molar-refractivity contribution >= 4 is 5.82 Å². The Morgan fingerprint density at radius 3 is 2.61 bits per heavy atom. The van der Waals surface area contributed by atoms with Crippen LogP contribution in [0, 0.1) is 25.2 Å². The quantitative estimate of drug-likeness (QED) is 0.698. The molecule has 3 aromatic rings. The summed E-state index contributed by atoms with van der Waals surface area (Å²) in [6.45, 7) is 5.44. The SMILES string of the molecule is COc1ccc(-c2cnc3c(c2)CN(c2nnc(C#N)c(C)c2C)CC3)cn1. The first kappa shape index (κ1) is 17.9. The third-order valence-electron chi connectivity index (χ3n) is 5.22. The maximum Gasteiger partial charge on any atom is 0.212 e. The van der Waals surface area contributed by atoms with Crippen LogP contribution in [0.15, 0.2) is 30.6 Å². The topological polar surface area (TPSA) is 87.8 Å². The van der Waals surface area contributed by atoms with Gasteiger partial charge in [-0.1, -0.05) is 0 Å². The van der Waals surface area contributed by atoms with E-state index in [-0.39, 0.29) is 0 Å². The number of rotatable bonds is 3. The number of nitriles is 1. The zero-order valence-electron chi connectivity index (χ0n) is 16.1. The van der Waals surface area contributed by atoms with Crippen LogP contribution in [-0.2, 0) is 13.0 Å². The summed E-state index contributed by atoms with van der Waals surface area (Å²) in [6, 6.07) is 8.09. The molecule has 4 rings (SSSR count).